The van der Waals surface area contributed by atoms with Gasteiger partial charge in [0.15, 0.2) is 0 Å². The molecule has 0 aliphatic carbocycles. The van der Waals surface area contributed by atoms with Crippen molar-refractivity contribution in [2.75, 3.05) is 13.2 Å². The molecule has 0 saturated carbocycles. The Labute approximate surface area is 117 Å². The van der Waals surface area contributed by atoms with Crippen molar-refractivity contribution in [1.29, 1.82) is 0 Å². The van der Waals surface area contributed by atoms with E-state index in [4.69, 9.17) is 4.74 Å². The van der Waals surface area contributed by atoms with Crippen molar-refractivity contribution in [3.8, 4) is 0 Å². The molecule has 1 aromatic heterocycles. The van der Waals surface area contributed by atoms with Gasteiger partial charge >= 0.3 is 5.97 Å². The van der Waals surface area contributed by atoms with E-state index in [2.05, 4.69) is 23.0 Å². The number of carbonyl (C=O) groups excluding carboxylic acids is 1. The maximum Gasteiger partial charge on any atom is 0.320 e. The Morgan fingerprint density at radius 3 is 3.05 bits per heavy atom. The number of nitrogens with one attached hydrogen (secondary N) is 1. The smallest absolute Gasteiger partial charge is 0.320 e. The SMILES string of the molecule is CCOC(=O)C1C=NCC(C)c2c1[nH]c1ccccc21. The first-order valence-corrected chi connectivity index (χ1v) is 6.99. The van der Waals surface area contributed by atoms with Crippen LogP contribution in [0.3, 0.4) is 0 Å². The summed E-state index contributed by atoms with van der Waals surface area (Å²) in [5.41, 5.74) is 3.18. The third-order valence-corrected chi connectivity index (χ3v) is 3.75. The van der Waals surface area contributed by atoms with Crippen molar-refractivity contribution in [2.24, 2.45) is 4.99 Å². The molecule has 4 heteroatoms. The summed E-state index contributed by atoms with van der Waals surface area (Å²) < 4.78 is 5.17. The third-order valence-electron chi connectivity index (χ3n) is 3.75. The molecule has 20 heavy (non-hydrogen) atoms. The van der Waals surface area contributed by atoms with Crippen molar-refractivity contribution in [3.63, 3.8) is 0 Å². The molecule has 1 aromatic carbocycles. The summed E-state index contributed by atoms with van der Waals surface area (Å²) in [6.07, 6.45) is 1.72. The molecule has 1 aliphatic rings. The first kappa shape index (κ1) is 12.9. The quantitative estimate of drug-likeness (QED) is 0.853. The van der Waals surface area contributed by atoms with Gasteiger partial charge in [-0.15, -0.1) is 0 Å². The van der Waals surface area contributed by atoms with Crippen LogP contribution in [0.5, 0.6) is 0 Å². The molecule has 2 aromatic rings. The first-order valence-electron chi connectivity index (χ1n) is 6.99. The number of carbonyl (C=O) groups is 1. The van der Waals surface area contributed by atoms with Crippen LogP contribution >= 0.6 is 0 Å². The number of fused-ring (bicyclic) bond motifs is 3. The summed E-state index contributed by atoms with van der Waals surface area (Å²) in [4.78, 5) is 19.9. The standard InChI is InChI=1S/C16H18N2O2/c1-3-20-16(19)12-9-17-8-10(2)14-11-6-4-5-7-13(11)18-15(12)14/h4-7,9-10,12,18H,3,8H2,1-2H3. The van der Waals surface area contributed by atoms with Crippen LogP contribution in [0.2, 0.25) is 0 Å². The Balaban J connectivity index is 2.17. The number of esters is 1. The summed E-state index contributed by atoms with van der Waals surface area (Å²) in [6, 6.07) is 8.15. The minimum atomic E-state index is -0.428. The van der Waals surface area contributed by atoms with Crippen molar-refractivity contribution in [2.45, 2.75) is 25.7 Å². The number of rotatable bonds is 2. The average molecular weight is 270 g/mol. The highest BCUT2D eigenvalue weighted by molar-refractivity contribution is 5.99. The average Bonchev–Trinajstić information content (AvgIpc) is 2.74. The fraction of sp³-hybridized carbons (Fsp3) is 0.375. The lowest BCUT2D eigenvalue weighted by Gasteiger charge is -2.12. The van der Waals surface area contributed by atoms with E-state index in [1.807, 2.05) is 25.1 Å². The third kappa shape index (κ3) is 2.01. The number of H-pyrrole nitrogens is 1. The number of para-hydroxylation sites is 1. The van der Waals surface area contributed by atoms with Gasteiger partial charge in [0.05, 0.1) is 6.61 Å². The van der Waals surface area contributed by atoms with Gasteiger partial charge in [-0.05, 0) is 18.6 Å². The monoisotopic (exact) mass is 270 g/mol. The van der Waals surface area contributed by atoms with Gasteiger partial charge in [-0.25, -0.2) is 0 Å². The second-order valence-corrected chi connectivity index (χ2v) is 5.14. The Kier molecular flexibility index (Phi) is 3.30. The Morgan fingerprint density at radius 2 is 2.25 bits per heavy atom. The fourth-order valence-electron chi connectivity index (χ4n) is 2.86. The highest BCUT2D eigenvalue weighted by Crippen LogP contribution is 2.35. The molecular formula is C16H18N2O2. The summed E-state index contributed by atoms with van der Waals surface area (Å²) in [5.74, 6) is -0.378. The zero-order valence-corrected chi connectivity index (χ0v) is 11.7. The maximum atomic E-state index is 12.2. The number of benzene rings is 1. The largest absolute Gasteiger partial charge is 0.465 e. The highest BCUT2D eigenvalue weighted by atomic mass is 16.5. The Morgan fingerprint density at radius 1 is 1.45 bits per heavy atom. The van der Waals surface area contributed by atoms with E-state index in [1.165, 1.54) is 10.9 Å². The van der Waals surface area contributed by atoms with Gasteiger partial charge in [0.1, 0.15) is 5.92 Å². The molecule has 0 bridgehead atoms. The van der Waals surface area contributed by atoms with E-state index in [1.54, 1.807) is 6.21 Å². The van der Waals surface area contributed by atoms with E-state index in [-0.39, 0.29) is 11.9 Å². The van der Waals surface area contributed by atoms with Crippen LogP contribution in [0.4, 0.5) is 0 Å². The van der Waals surface area contributed by atoms with Crippen LogP contribution in [0, 0.1) is 0 Å². The molecule has 2 heterocycles. The number of hydrogen-bond acceptors (Lipinski definition) is 3. The second kappa shape index (κ2) is 5.12. The predicted molar refractivity (Wildman–Crippen MR) is 79.4 cm³/mol. The molecule has 0 amide bonds. The van der Waals surface area contributed by atoms with Crippen molar-refractivity contribution < 1.29 is 9.53 Å². The van der Waals surface area contributed by atoms with E-state index < -0.39 is 5.92 Å². The number of aromatic nitrogens is 1. The molecule has 1 N–H and O–H groups in total. The normalized spacial score (nSPS) is 21.5. The lowest BCUT2D eigenvalue weighted by atomic mass is 9.94. The zero-order valence-electron chi connectivity index (χ0n) is 11.7. The number of hydrogen-bond donors (Lipinski definition) is 1. The zero-order chi connectivity index (χ0) is 14.1. The number of ether oxygens (including phenoxy) is 1. The molecule has 2 unspecified atom stereocenters. The van der Waals surface area contributed by atoms with Crippen LogP contribution in [0.25, 0.3) is 10.9 Å². The summed E-state index contributed by atoms with van der Waals surface area (Å²) in [6.45, 7) is 5.05. The molecular weight excluding hydrogens is 252 g/mol. The topological polar surface area (TPSA) is 54.4 Å². The van der Waals surface area contributed by atoms with Gasteiger partial charge in [0.25, 0.3) is 0 Å². The van der Waals surface area contributed by atoms with Crippen LogP contribution in [0.15, 0.2) is 29.3 Å². The van der Waals surface area contributed by atoms with Gasteiger partial charge in [0, 0.05) is 35.3 Å². The van der Waals surface area contributed by atoms with E-state index in [9.17, 15) is 4.79 Å². The van der Waals surface area contributed by atoms with Gasteiger partial charge in [-0.2, -0.15) is 0 Å². The highest BCUT2D eigenvalue weighted by Gasteiger charge is 2.30. The molecule has 0 spiro atoms. The van der Waals surface area contributed by atoms with E-state index in [0.29, 0.717) is 13.2 Å². The van der Waals surface area contributed by atoms with Crippen LogP contribution in [0.1, 0.15) is 36.9 Å². The van der Waals surface area contributed by atoms with Crippen LogP contribution in [-0.4, -0.2) is 30.3 Å². The molecule has 4 nitrogen and oxygen atoms in total. The minimum absolute atomic E-state index is 0.238. The molecule has 3 rings (SSSR count). The number of aromatic amines is 1. The van der Waals surface area contributed by atoms with Crippen molar-refractivity contribution in [1.82, 2.24) is 4.98 Å². The summed E-state index contributed by atoms with van der Waals surface area (Å²) in [7, 11) is 0. The molecule has 0 fully saturated rings. The van der Waals surface area contributed by atoms with Crippen LogP contribution in [-0.2, 0) is 9.53 Å². The first-order chi connectivity index (χ1) is 9.72. The maximum absolute atomic E-state index is 12.2. The molecule has 104 valence electrons. The van der Waals surface area contributed by atoms with Gasteiger partial charge in [0.2, 0.25) is 0 Å². The van der Waals surface area contributed by atoms with Gasteiger partial charge in [-0.3, -0.25) is 9.79 Å². The number of aliphatic imine (C=N–C) groups is 1. The Bertz CT molecular complexity index is 672. The van der Waals surface area contributed by atoms with Crippen LogP contribution < -0.4 is 0 Å². The lowest BCUT2D eigenvalue weighted by molar-refractivity contribution is -0.143. The summed E-state index contributed by atoms with van der Waals surface area (Å²) >= 11 is 0. The number of nitrogens with zero attached hydrogens (tertiary/aromatic N) is 1. The van der Waals surface area contributed by atoms with E-state index >= 15 is 0 Å². The van der Waals surface area contributed by atoms with Crippen molar-refractivity contribution in [3.05, 3.63) is 35.5 Å². The van der Waals surface area contributed by atoms with Gasteiger partial charge < -0.3 is 9.72 Å². The second-order valence-electron chi connectivity index (χ2n) is 5.14. The molecule has 1 aliphatic heterocycles. The lowest BCUT2D eigenvalue weighted by Crippen LogP contribution is -2.18. The van der Waals surface area contributed by atoms with E-state index in [0.717, 1.165) is 11.2 Å². The van der Waals surface area contributed by atoms with Gasteiger partial charge in [-0.1, -0.05) is 25.1 Å². The molecule has 0 saturated heterocycles. The minimum Gasteiger partial charge on any atom is -0.465 e. The molecule has 2 atom stereocenters. The Hall–Kier alpha value is -2.10. The summed E-state index contributed by atoms with van der Waals surface area (Å²) in [5, 5.41) is 1.18. The fourth-order valence-corrected chi connectivity index (χ4v) is 2.86. The predicted octanol–water partition coefficient (Wildman–Crippen LogP) is 3.00. The van der Waals surface area contributed by atoms with Crippen molar-refractivity contribution >= 4 is 23.1 Å². The molecule has 0 radical (unpaired) electrons.